The zero-order valence-electron chi connectivity index (χ0n) is 12.0. The first-order valence-electron chi connectivity index (χ1n) is 6.93. The zero-order valence-corrected chi connectivity index (χ0v) is 12.7. The van der Waals surface area contributed by atoms with E-state index in [1.807, 2.05) is 43.3 Å². The Bertz CT molecular complexity index is 513. The van der Waals surface area contributed by atoms with E-state index in [-0.39, 0.29) is 12.7 Å². The molecule has 2 aromatic rings. The van der Waals surface area contributed by atoms with Crippen molar-refractivity contribution in [3.63, 3.8) is 0 Å². The van der Waals surface area contributed by atoms with Gasteiger partial charge in [-0.25, -0.2) is 0 Å². The standard InChI is InChI=1S/C16H20ClNO3/c1-12(13-4-6-14(17)7-5-13)21-11-15(19)9-18-10-16-3-2-8-20-16/h2-8,12,15,18-19H,9-11H2,1H3. The highest BCUT2D eigenvalue weighted by atomic mass is 35.5. The zero-order chi connectivity index (χ0) is 15.1. The quantitative estimate of drug-likeness (QED) is 0.786. The molecule has 0 saturated heterocycles. The van der Waals surface area contributed by atoms with Gasteiger partial charge in [0, 0.05) is 11.6 Å². The fraction of sp³-hybridized carbons (Fsp3) is 0.375. The van der Waals surface area contributed by atoms with Gasteiger partial charge in [-0.3, -0.25) is 0 Å². The lowest BCUT2D eigenvalue weighted by Gasteiger charge is -2.17. The minimum absolute atomic E-state index is 0.0815. The average molecular weight is 310 g/mol. The van der Waals surface area contributed by atoms with Crippen LogP contribution in [0.5, 0.6) is 0 Å². The number of hydrogen-bond donors (Lipinski definition) is 2. The second kappa shape index (κ2) is 8.20. The van der Waals surface area contributed by atoms with Gasteiger partial charge in [0.05, 0.1) is 31.6 Å². The van der Waals surface area contributed by atoms with Gasteiger partial charge < -0.3 is 19.6 Å². The van der Waals surface area contributed by atoms with Crippen molar-refractivity contribution in [2.45, 2.75) is 25.7 Å². The summed E-state index contributed by atoms with van der Waals surface area (Å²) in [5, 5.41) is 13.7. The maximum absolute atomic E-state index is 9.88. The molecule has 0 fully saturated rings. The summed E-state index contributed by atoms with van der Waals surface area (Å²) in [5.74, 6) is 0.845. The number of halogens is 1. The first-order valence-corrected chi connectivity index (χ1v) is 7.31. The normalized spacial score (nSPS) is 14.0. The van der Waals surface area contributed by atoms with Gasteiger partial charge in [-0.1, -0.05) is 23.7 Å². The third-order valence-electron chi connectivity index (χ3n) is 3.14. The van der Waals surface area contributed by atoms with E-state index in [2.05, 4.69) is 5.32 Å². The number of aliphatic hydroxyl groups is 1. The van der Waals surface area contributed by atoms with Gasteiger partial charge in [-0.2, -0.15) is 0 Å². The summed E-state index contributed by atoms with van der Waals surface area (Å²) in [6.45, 7) is 3.27. The summed E-state index contributed by atoms with van der Waals surface area (Å²) in [7, 11) is 0. The number of aliphatic hydroxyl groups excluding tert-OH is 1. The molecule has 0 aliphatic carbocycles. The van der Waals surface area contributed by atoms with Crippen molar-refractivity contribution < 1.29 is 14.3 Å². The first kappa shape index (κ1) is 16.0. The van der Waals surface area contributed by atoms with E-state index < -0.39 is 6.10 Å². The molecule has 0 amide bonds. The second-order valence-electron chi connectivity index (χ2n) is 4.89. The molecule has 4 nitrogen and oxygen atoms in total. The van der Waals surface area contributed by atoms with Crippen LogP contribution in [0.1, 0.15) is 24.4 Å². The Labute approximate surface area is 129 Å². The van der Waals surface area contributed by atoms with E-state index in [0.29, 0.717) is 18.1 Å². The molecule has 0 aliphatic rings. The molecule has 2 N–H and O–H groups in total. The van der Waals surface area contributed by atoms with Crippen molar-refractivity contribution in [2.75, 3.05) is 13.2 Å². The minimum atomic E-state index is -0.560. The van der Waals surface area contributed by atoms with Crippen LogP contribution in [0.25, 0.3) is 0 Å². The molecule has 1 heterocycles. The number of furan rings is 1. The Morgan fingerprint density at radius 1 is 1.29 bits per heavy atom. The Kier molecular flexibility index (Phi) is 6.26. The monoisotopic (exact) mass is 309 g/mol. The molecule has 0 aliphatic heterocycles. The molecular formula is C16H20ClNO3. The Balaban J connectivity index is 1.66. The molecule has 2 unspecified atom stereocenters. The van der Waals surface area contributed by atoms with Crippen LogP contribution in [0, 0.1) is 0 Å². The lowest BCUT2D eigenvalue weighted by atomic mass is 10.1. The number of hydrogen-bond acceptors (Lipinski definition) is 4. The van der Waals surface area contributed by atoms with Crippen molar-refractivity contribution in [1.29, 1.82) is 0 Å². The Hall–Kier alpha value is -1.33. The number of nitrogens with one attached hydrogen (secondary N) is 1. The lowest BCUT2D eigenvalue weighted by Crippen LogP contribution is -2.30. The molecule has 1 aromatic carbocycles. The van der Waals surface area contributed by atoms with Crippen molar-refractivity contribution in [1.82, 2.24) is 5.32 Å². The predicted octanol–water partition coefficient (Wildman–Crippen LogP) is 3.16. The average Bonchev–Trinajstić information content (AvgIpc) is 2.99. The summed E-state index contributed by atoms with van der Waals surface area (Å²) in [5.41, 5.74) is 1.04. The summed E-state index contributed by atoms with van der Waals surface area (Å²) in [6.07, 6.45) is 0.987. The molecule has 2 rings (SSSR count). The minimum Gasteiger partial charge on any atom is -0.468 e. The molecule has 21 heavy (non-hydrogen) atoms. The van der Waals surface area contributed by atoms with Gasteiger partial charge in [0.15, 0.2) is 0 Å². The number of benzene rings is 1. The van der Waals surface area contributed by atoms with Crippen molar-refractivity contribution >= 4 is 11.6 Å². The van der Waals surface area contributed by atoms with Gasteiger partial charge >= 0.3 is 0 Å². The maximum atomic E-state index is 9.88. The van der Waals surface area contributed by atoms with Crippen LogP contribution in [0.3, 0.4) is 0 Å². The molecule has 114 valence electrons. The first-order chi connectivity index (χ1) is 10.1. The molecule has 5 heteroatoms. The Morgan fingerprint density at radius 3 is 2.71 bits per heavy atom. The van der Waals surface area contributed by atoms with Gasteiger partial charge in [0.2, 0.25) is 0 Å². The van der Waals surface area contributed by atoms with Crippen molar-refractivity contribution in [3.8, 4) is 0 Å². The SMILES string of the molecule is CC(OCC(O)CNCc1ccco1)c1ccc(Cl)cc1. The Morgan fingerprint density at radius 2 is 2.05 bits per heavy atom. The molecule has 0 saturated carbocycles. The van der Waals surface area contributed by atoms with E-state index >= 15 is 0 Å². The third-order valence-corrected chi connectivity index (χ3v) is 3.39. The van der Waals surface area contributed by atoms with E-state index in [4.69, 9.17) is 20.8 Å². The van der Waals surface area contributed by atoms with Crippen LogP contribution in [-0.4, -0.2) is 24.4 Å². The lowest BCUT2D eigenvalue weighted by molar-refractivity contribution is -0.00223. The van der Waals surface area contributed by atoms with E-state index in [0.717, 1.165) is 11.3 Å². The number of ether oxygens (including phenoxy) is 1. The summed E-state index contributed by atoms with van der Waals surface area (Å²) < 4.78 is 10.9. The highest BCUT2D eigenvalue weighted by Crippen LogP contribution is 2.19. The van der Waals surface area contributed by atoms with Crippen molar-refractivity contribution in [2.24, 2.45) is 0 Å². The maximum Gasteiger partial charge on any atom is 0.117 e. The van der Waals surface area contributed by atoms with Crippen LogP contribution in [0.4, 0.5) is 0 Å². The molecular weight excluding hydrogens is 290 g/mol. The smallest absolute Gasteiger partial charge is 0.117 e. The fourth-order valence-electron chi connectivity index (χ4n) is 1.92. The fourth-order valence-corrected chi connectivity index (χ4v) is 2.05. The third kappa shape index (κ3) is 5.52. The summed E-state index contributed by atoms with van der Waals surface area (Å²) >= 11 is 5.85. The van der Waals surface area contributed by atoms with Crippen LogP contribution in [0.15, 0.2) is 47.1 Å². The largest absolute Gasteiger partial charge is 0.468 e. The van der Waals surface area contributed by atoms with Crippen LogP contribution < -0.4 is 5.32 Å². The van der Waals surface area contributed by atoms with Gasteiger partial charge in [-0.05, 0) is 36.8 Å². The molecule has 2 atom stereocenters. The molecule has 1 aromatic heterocycles. The van der Waals surface area contributed by atoms with E-state index in [9.17, 15) is 5.11 Å². The highest BCUT2D eigenvalue weighted by Gasteiger charge is 2.10. The number of rotatable bonds is 8. The van der Waals surface area contributed by atoms with Gasteiger partial charge in [0.1, 0.15) is 5.76 Å². The molecule has 0 bridgehead atoms. The highest BCUT2D eigenvalue weighted by molar-refractivity contribution is 6.30. The van der Waals surface area contributed by atoms with Gasteiger partial charge in [0.25, 0.3) is 0 Å². The predicted molar refractivity (Wildman–Crippen MR) is 82.2 cm³/mol. The van der Waals surface area contributed by atoms with Crippen LogP contribution in [0.2, 0.25) is 5.02 Å². The molecule has 0 radical (unpaired) electrons. The van der Waals surface area contributed by atoms with E-state index in [1.54, 1.807) is 6.26 Å². The van der Waals surface area contributed by atoms with Crippen LogP contribution in [-0.2, 0) is 11.3 Å². The van der Waals surface area contributed by atoms with Crippen molar-refractivity contribution in [3.05, 3.63) is 59.0 Å². The summed E-state index contributed by atoms with van der Waals surface area (Å²) in [6, 6.07) is 11.2. The molecule has 0 spiro atoms. The van der Waals surface area contributed by atoms with Gasteiger partial charge in [-0.15, -0.1) is 0 Å². The second-order valence-corrected chi connectivity index (χ2v) is 5.33. The summed E-state index contributed by atoms with van der Waals surface area (Å²) in [4.78, 5) is 0. The van der Waals surface area contributed by atoms with E-state index in [1.165, 1.54) is 0 Å². The van der Waals surface area contributed by atoms with Crippen LogP contribution >= 0.6 is 11.6 Å². The topological polar surface area (TPSA) is 54.6 Å².